The summed E-state index contributed by atoms with van der Waals surface area (Å²) in [7, 11) is 0. The summed E-state index contributed by atoms with van der Waals surface area (Å²) in [6.07, 6.45) is -1.41. The van der Waals surface area contributed by atoms with Crippen molar-refractivity contribution in [3.63, 3.8) is 0 Å². The summed E-state index contributed by atoms with van der Waals surface area (Å²) >= 11 is 0. The summed E-state index contributed by atoms with van der Waals surface area (Å²) in [6.45, 7) is 0.263. The maximum atomic E-state index is 12.8. The van der Waals surface area contributed by atoms with Gasteiger partial charge >= 0.3 is 12.1 Å². The summed E-state index contributed by atoms with van der Waals surface area (Å²) in [5.74, 6) is -4.75. The average molecular weight is 446 g/mol. The van der Waals surface area contributed by atoms with Crippen LogP contribution in [0, 0.1) is 5.92 Å². The quantitative estimate of drug-likeness (QED) is 0.499. The van der Waals surface area contributed by atoms with E-state index in [2.05, 4.69) is 5.32 Å². The van der Waals surface area contributed by atoms with Crippen LogP contribution in [0.3, 0.4) is 0 Å². The molecule has 172 valence electrons. The number of halogens is 3. The summed E-state index contributed by atoms with van der Waals surface area (Å²) < 4.78 is 36.9. The van der Waals surface area contributed by atoms with Crippen LogP contribution in [0.15, 0.2) is 0 Å². The molecule has 2 aliphatic heterocycles. The number of hydrogen-bond donors (Lipinski definition) is 2. The van der Waals surface area contributed by atoms with Gasteiger partial charge in [-0.2, -0.15) is 13.2 Å². The van der Waals surface area contributed by atoms with Crippen molar-refractivity contribution in [2.75, 3.05) is 26.2 Å². The molecule has 2 heterocycles. The maximum Gasteiger partial charge on any atom is 0.471 e. The maximum absolute atomic E-state index is 12.8. The van der Waals surface area contributed by atoms with Gasteiger partial charge in [-0.15, -0.1) is 0 Å². The molecule has 4 amide bonds. The SMILES string of the molecule is O=C(C(=O)N1CCC1)C(CC1CC1)NC(=O)[C@@H]1CCCN1C(=O)CNC(=O)C(F)(F)F. The fourth-order valence-electron chi connectivity index (χ4n) is 3.71. The Labute approximate surface area is 176 Å². The number of hydrogen-bond acceptors (Lipinski definition) is 5. The Hall–Kier alpha value is -2.66. The molecule has 2 saturated heterocycles. The molecule has 0 radical (unpaired) electrons. The number of rotatable bonds is 8. The van der Waals surface area contributed by atoms with Gasteiger partial charge in [0.05, 0.1) is 12.6 Å². The number of likely N-dealkylation sites (tertiary alicyclic amines) is 2. The van der Waals surface area contributed by atoms with Gasteiger partial charge in [-0.05, 0) is 31.6 Å². The van der Waals surface area contributed by atoms with Crippen LogP contribution in [-0.4, -0.2) is 83.7 Å². The van der Waals surface area contributed by atoms with Gasteiger partial charge in [0, 0.05) is 19.6 Å². The van der Waals surface area contributed by atoms with Gasteiger partial charge in [0.15, 0.2) is 0 Å². The minimum absolute atomic E-state index is 0.146. The molecule has 1 aliphatic carbocycles. The highest BCUT2D eigenvalue weighted by Gasteiger charge is 2.41. The predicted molar refractivity (Wildman–Crippen MR) is 99.3 cm³/mol. The molecular formula is C19H25F3N4O5. The second-order valence-corrected chi connectivity index (χ2v) is 8.18. The molecule has 3 rings (SSSR count). The third-order valence-electron chi connectivity index (χ3n) is 5.79. The number of ketones is 1. The van der Waals surface area contributed by atoms with Gasteiger partial charge in [0.2, 0.25) is 17.6 Å². The minimum atomic E-state index is -5.11. The van der Waals surface area contributed by atoms with Crippen molar-refractivity contribution in [1.29, 1.82) is 0 Å². The van der Waals surface area contributed by atoms with Crippen molar-refractivity contribution >= 4 is 29.4 Å². The summed E-state index contributed by atoms with van der Waals surface area (Å²) in [4.78, 5) is 63.5. The highest BCUT2D eigenvalue weighted by molar-refractivity contribution is 6.38. The topological polar surface area (TPSA) is 116 Å². The standard InChI is InChI=1S/C19H25F3N4O5/c20-19(21,22)18(31)23-10-14(27)26-8-1-3-13(26)16(29)24-12(9-11-4-5-11)15(28)17(30)25-6-2-7-25/h11-13H,1-10H2,(H,23,31)(H,24,29)/t12?,13-/m0/s1. The van der Waals surface area contributed by atoms with E-state index in [1.807, 2.05) is 0 Å². The number of carbonyl (C=O) groups is 5. The molecule has 0 aromatic rings. The normalized spacial score (nSPS) is 21.8. The second kappa shape index (κ2) is 9.23. The van der Waals surface area contributed by atoms with E-state index < -0.39 is 54.2 Å². The second-order valence-electron chi connectivity index (χ2n) is 8.18. The van der Waals surface area contributed by atoms with Crippen LogP contribution in [0.1, 0.15) is 38.5 Å². The number of alkyl halides is 3. The molecule has 1 unspecified atom stereocenters. The average Bonchev–Trinajstić information content (AvgIpc) is 3.33. The zero-order valence-corrected chi connectivity index (χ0v) is 16.9. The van der Waals surface area contributed by atoms with Gasteiger partial charge in [0.25, 0.3) is 5.91 Å². The number of nitrogens with zero attached hydrogens (tertiary/aromatic N) is 2. The molecule has 0 spiro atoms. The van der Waals surface area contributed by atoms with Gasteiger partial charge in [-0.25, -0.2) is 0 Å². The smallest absolute Gasteiger partial charge is 0.344 e. The molecule has 0 aromatic heterocycles. The number of nitrogens with one attached hydrogen (secondary N) is 2. The van der Waals surface area contributed by atoms with Gasteiger partial charge in [0.1, 0.15) is 6.04 Å². The molecule has 0 aromatic carbocycles. The van der Waals surface area contributed by atoms with Crippen LogP contribution < -0.4 is 10.6 Å². The van der Waals surface area contributed by atoms with E-state index in [1.54, 1.807) is 0 Å². The molecule has 9 nitrogen and oxygen atoms in total. The van der Waals surface area contributed by atoms with Crippen LogP contribution >= 0.6 is 0 Å². The van der Waals surface area contributed by atoms with Crippen molar-refractivity contribution in [2.24, 2.45) is 5.92 Å². The number of carbonyl (C=O) groups excluding carboxylic acids is 5. The van der Waals surface area contributed by atoms with E-state index in [-0.39, 0.29) is 18.9 Å². The highest BCUT2D eigenvalue weighted by atomic mass is 19.4. The van der Waals surface area contributed by atoms with Gasteiger partial charge in [-0.1, -0.05) is 12.8 Å². The predicted octanol–water partition coefficient (Wildman–Crippen LogP) is -0.258. The third-order valence-corrected chi connectivity index (χ3v) is 5.79. The Balaban J connectivity index is 1.59. The van der Waals surface area contributed by atoms with Crippen LogP contribution in [0.5, 0.6) is 0 Å². The van der Waals surface area contributed by atoms with E-state index in [0.717, 1.165) is 24.2 Å². The first-order chi connectivity index (χ1) is 14.6. The number of amides is 4. The van der Waals surface area contributed by atoms with Crippen molar-refractivity contribution in [3.8, 4) is 0 Å². The van der Waals surface area contributed by atoms with Gasteiger partial charge in [-0.3, -0.25) is 24.0 Å². The fraction of sp³-hybridized carbons (Fsp3) is 0.737. The fourth-order valence-corrected chi connectivity index (χ4v) is 3.71. The zero-order chi connectivity index (χ0) is 22.8. The lowest BCUT2D eigenvalue weighted by Gasteiger charge is -2.32. The lowest BCUT2D eigenvalue weighted by molar-refractivity contribution is -0.174. The largest absolute Gasteiger partial charge is 0.471 e. The van der Waals surface area contributed by atoms with Crippen molar-refractivity contribution in [2.45, 2.75) is 56.8 Å². The summed E-state index contributed by atoms with van der Waals surface area (Å²) in [5.41, 5.74) is 0. The lowest BCUT2D eigenvalue weighted by Crippen LogP contribution is -2.56. The Kier molecular flexibility index (Phi) is 6.85. The van der Waals surface area contributed by atoms with E-state index in [9.17, 15) is 37.1 Å². The molecule has 0 bridgehead atoms. The van der Waals surface area contributed by atoms with E-state index in [0.29, 0.717) is 25.9 Å². The first kappa shape index (κ1) is 23.0. The molecule has 12 heteroatoms. The van der Waals surface area contributed by atoms with Crippen LogP contribution in [0.2, 0.25) is 0 Å². The number of Topliss-reactive ketones (excluding diaryl/α,β-unsaturated/α-hetero) is 1. The Morgan fingerprint density at radius 2 is 1.65 bits per heavy atom. The van der Waals surface area contributed by atoms with Crippen molar-refractivity contribution < 1.29 is 37.1 Å². The van der Waals surface area contributed by atoms with Crippen molar-refractivity contribution in [3.05, 3.63) is 0 Å². The summed E-state index contributed by atoms with van der Waals surface area (Å²) in [6, 6.07) is -1.96. The monoisotopic (exact) mass is 446 g/mol. The Bertz CT molecular complexity index is 764. The molecule has 2 atom stereocenters. The van der Waals surface area contributed by atoms with E-state index in [1.165, 1.54) is 10.2 Å². The molecule has 31 heavy (non-hydrogen) atoms. The molecule has 3 fully saturated rings. The minimum Gasteiger partial charge on any atom is -0.344 e. The third kappa shape index (κ3) is 5.73. The Morgan fingerprint density at radius 3 is 2.19 bits per heavy atom. The zero-order valence-electron chi connectivity index (χ0n) is 16.9. The molecular weight excluding hydrogens is 421 g/mol. The first-order valence-corrected chi connectivity index (χ1v) is 10.4. The van der Waals surface area contributed by atoms with Crippen LogP contribution in [0.4, 0.5) is 13.2 Å². The molecule has 3 aliphatic rings. The first-order valence-electron chi connectivity index (χ1n) is 10.4. The highest BCUT2D eigenvalue weighted by Crippen LogP contribution is 2.34. The molecule has 2 N–H and O–H groups in total. The van der Waals surface area contributed by atoms with Gasteiger partial charge < -0.3 is 20.4 Å². The Morgan fingerprint density at radius 1 is 0.968 bits per heavy atom. The lowest BCUT2D eigenvalue weighted by atomic mass is 10.0. The van der Waals surface area contributed by atoms with E-state index >= 15 is 0 Å². The molecule has 1 saturated carbocycles. The van der Waals surface area contributed by atoms with E-state index in [4.69, 9.17) is 0 Å². The van der Waals surface area contributed by atoms with Crippen LogP contribution in [0.25, 0.3) is 0 Å². The van der Waals surface area contributed by atoms with Crippen LogP contribution in [-0.2, 0) is 24.0 Å². The van der Waals surface area contributed by atoms with Crippen molar-refractivity contribution in [1.82, 2.24) is 20.4 Å². The summed E-state index contributed by atoms with van der Waals surface area (Å²) in [5, 5.41) is 4.09.